The summed E-state index contributed by atoms with van der Waals surface area (Å²) >= 11 is 2.39. The summed E-state index contributed by atoms with van der Waals surface area (Å²) in [5, 5.41) is 11.8. The number of esters is 1. The van der Waals surface area contributed by atoms with Crippen molar-refractivity contribution in [3.8, 4) is 0 Å². The first-order valence-corrected chi connectivity index (χ1v) is 14.9. The van der Waals surface area contributed by atoms with Crippen molar-refractivity contribution >= 4 is 58.1 Å². The number of carbonyl (C=O) groups excluding carboxylic acids is 4. The maximum absolute atomic E-state index is 13.1. The lowest BCUT2D eigenvalue weighted by molar-refractivity contribution is -0.169. The SMILES string of the molecule is CCCCOCC(COCCCC)OC(=O)C1C=CS[C@@H]2C(NC(=O)C(=NOC)c3csc(NC=O)n3)C(=O)N12. The highest BCUT2D eigenvalue weighted by molar-refractivity contribution is 8.02. The molecule has 13 nitrogen and oxygen atoms in total. The lowest BCUT2D eigenvalue weighted by Gasteiger charge is -2.50. The summed E-state index contributed by atoms with van der Waals surface area (Å²) in [5.74, 6) is -1.72. The molecule has 2 N–H and O–H groups in total. The van der Waals surface area contributed by atoms with Crippen molar-refractivity contribution in [1.29, 1.82) is 0 Å². The number of amides is 3. The molecule has 3 heterocycles. The minimum absolute atomic E-state index is 0.162. The number of hydrogen-bond donors (Lipinski definition) is 2. The molecular formula is C25H35N5O8S2. The smallest absolute Gasteiger partial charge is 0.333 e. The molecule has 0 radical (unpaired) electrons. The van der Waals surface area contributed by atoms with Crippen LogP contribution in [0.2, 0.25) is 0 Å². The molecule has 40 heavy (non-hydrogen) atoms. The van der Waals surface area contributed by atoms with Crippen molar-refractivity contribution in [3.05, 3.63) is 22.6 Å². The lowest BCUT2D eigenvalue weighted by Crippen LogP contribution is -2.73. The van der Waals surface area contributed by atoms with E-state index in [0.717, 1.165) is 37.0 Å². The molecule has 15 heteroatoms. The molecule has 1 fully saturated rings. The molecule has 1 aromatic heterocycles. The van der Waals surface area contributed by atoms with Crippen LogP contribution in [0.15, 0.2) is 22.0 Å². The predicted molar refractivity (Wildman–Crippen MR) is 150 cm³/mol. The number of thiazole rings is 1. The number of nitrogens with zero attached hydrogens (tertiary/aromatic N) is 3. The van der Waals surface area contributed by atoms with Crippen LogP contribution in [0.1, 0.15) is 45.2 Å². The average molecular weight is 598 g/mol. The molecule has 0 bridgehead atoms. The second-order valence-corrected chi connectivity index (χ2v) is 10.7. The van der Waals surface area contributed by atoms with Gasteiger partial charge in [-0.1, -0.05) is 31.8 Å². The molecule has 2 aliphatic heterocycles. The number of oxime groups is 1. The number of thioether (sulfide) groups is 1. The Balaban J connectivity index is 1.62. The van der Waals surface area contributed by atoms with Gasteiger partial charge < -0.3 is 34.6 Å². The van der Waals surface area contributed by atoms with Gasteiger partial charge in [-0.2, -0.15) is 0 Å². The molecule has 3 atom stereocenters. The van der Waals surface area contributed by atoms with Gasteiger partial charge in [0.25, 0.3) is 5.91 Å². The molecule has 2 aliphatic rings. The number of hydrogen-bond acceptors (Lipinski definition) is 12. The summed E-state index contributed by atoms with van der Waals surface area (Å²) < 4.78 is 17.0. The quantitative estimate of drug-likeness (QED) is 0.0639. The van der Waals surface area contributed by atoms with E-state index in [2.05, 4.69) is 34.6 Å². The maximum Gasteiger partial charge on any atom is 0.333 e. The number of carbonyl (C=O) groups is 4. The summed E-state index contributed by atoms with van der Waals surface area (Å²) in [5.41, 5.74) is 0.00794. The fourth-order valence-electron chi connectivity index (χ4n) is 3.82. The minimum Gasteiger partial charge on any atom is -0.456 e. The van der Waals surface area contributed by atoms with Gasteiger partial charge in [-0.05, 0) is 24.3 Å². The summed E-state index contributed by atoms with van der Waals surface area (Å²) in [4.78, 5) is 60.2. The Labute approximate surface area is 241 Å². The Morgan fingerprint density at radius 3 is 2.52 bits per heavy atom. The van der Waals surface area contributed by atoms with Crippen molar-refractivity contribution < 1.29 is 38.2 Å². The number of fused-ring (bicyclic) bond motifs is 1. The normalized spacial score (nSPS) is 20.1. The highest BCUT2D eigenvalue weighted by Gasteiger charge is 2.54. The number of aromatic nitrogens is 1. The molecule has 0 aliphatic carbocycles. The van der Waals surface area contributed by atoms with Gasteiger partial charge >= 0.3 is 5.97 Å². The number of nitrogens with one attached hydrogen (secondary N) is 2. The average Bonchev–Trinajstić information content (AvgIpc) is 3.42. The van der Waals surface area contributed by atoms with Crippen LogP contribution in [-0.4, -0.2) is 96.9 Å². The zero-order valence-electron chi connectivity index (χ0n) is 22.7. The first-order chi connectivity index (χ1) is 19.4. The van der Waals surface area contributed by atoms with Gasteiger partial charge in [0, 0.05) is 18.6 Å². The number of ether oxygens (including phenoxy) is 3. The van der Waals surface area contributed by atoms with Crippen molar-refractivity contribution in [2.45, 2.75) is 63.1 Å². The maximum atomic E-state index is 13.1. The standard InChI is InChI=1S/C25H35N5O8S2/c1-4-6-9-36-12-16(13-37-10-7-5-2)38-24(34)18-8-11-39-23-20(22(33)30(18)23)28-21(32)19(29-35-3)17-14-40-25(27-17)26-15-31/h8,11,14-16,18,20,23H,4-7,9-10,12-13H2,1-3H3,(H,28,32)(H,26,27,31)/t18?,20?,23-/m1/s1. The summed E-state index contributed by atoms with van der Waals surface area (Å²) in [7, 11) is 1.27. The molecule has 1 aromatic rings. The van der Waals surface area contributed by atoms with Gasteiger partial charge in [0.2, 0.25) is 12.3 Å². The first kappa shape index (κ1) is 31.5. The molecule has 1 saturated heterocycles. The number of β-lactam (4-membered cyclic amide) rings is 1. The van der Waals surface area contributed by atoms with Gasteiger partial charge in [0.1, 0.15) is 36.4 Å². The zero-order chi connectivity index (χ0) is 28.9. The fraction of sp³-hybridized carbons (Fsp3) is 0.600. The molecule has 0 aromatic carbocycles. The molecular weight excluding hydrogens is 562 g/mol. The largest absolute Gasteiger partial charge is 0.456 e. The van der Waals surface area contributed by atoms with Crippen LogP contribution in [0.3, 0.4) is 0 Å². The summed E-state index contributed by atoms with van der Waals surface area (Å²) in [6.07, 6.45) is 5.21. The number of anilines is 1. The van der Waals surface area contributed by atoms with Crippen molar-refractivity contribution in [3.63, 3.8) is 0 Å². The summed E-state index contributed by atoms with van der Waals surface area (Å²) in [6, 6.07) is -1.85. The minimum atomic E-state index is -0.941. The van der Waals surface area contributed by atoms with E-state index in [1.807, 2.05) is 0 Å². The molecule has 2 unspecified atom stereocenters. The van der Waals surface area contributed by atoms with Gasteiger partial charge in [-0.25, -0.2) is 9.78 Å². The van der Waals surface area contributed by atoms with Gasteiger partial charge in [0.05, 0.1) is 13.2 Å². The van der Waals surface area contributed by atoms with Crippen molar-refractivity contribution in [2.75, 3.05) is 38.9 Å². The monoisotopic (exact) mass is 597 g/mol. The molecule has 0 saturated carbocycles. The third-order valence-electron chi connectivity index (χ3n) is 5.89. The van der Waals surface area contributed by atoms with Crippen LogP contribution in [0.5, 0.6) is 0 Å². The first-order valence-electron chi connectivity index (χ1n) is 13.0. The van der Waals surface area contributed by atoms with Crippen LogP contribution in [-0.2, 0) is 38.2 Å². The number of rotatable bonds is 18. The van der Waals surface area contributed by atoms with Crippen LogP contribution in [0.25, 0.3) is 0 Å². The third-order valence-corrected chi connectivity index (χ3v) is 7.75. The van der Waals surface area contributed by atoms with Crippen molar-refractivity contribution in [2.24, 2.45) is 5.16 Å². The molecule has 3 amide bonds. The Morgan fingerprint density at radius 1 is 1.20 bits per heavy atom. The van der Waals surface area contributed by atoms with E-state index < -0.39 is 41.3 Å². The van der Waals surface area contributed by atoms with Gasteiger partial charge in [0.15, 0.2) is 10.8 Å². The Kier molecular flexibility index (Phi) is 12.8. The summed E-state index contributed by atoms with van der Waals surface area (Å²) in [6.45, 7) is 5.62. The van der Waals surface area contributed by atoms with E-state index >= 15 is 0 Å². The second kappa shape index (κ2) is 16.3. The molecule has 220 valence electrons. The van der Waals surface area contributed by atoms with Crippen LogP contribution in [0.4, 0.5) is 5.13 Å². The van der Waals surface area contributed by atoms with Crippen LogP contribution < -0.4 is 10.6 Å². The Hall–Kier alpha value is -3.01. The third kappa shape index (κ3) is 8.25. The highest BCUT2D eigenvalue weighted by Crippen LogP contribution is 2.37. The molecule has 3 rings (SSSR count). The van der Waals surface area contributed by atoms with Gasteiger partial charge in [-0.3, -0.25) is 14.4 Å². The van der Waals surface area contributed by atoms with Gasteiger partial charge in [-0.15, -0.1) is 23.1 Å². The Bertz CT molecular complexity index is 1070. The fourth-order valence-corrected chi connectivity index (χ4v) is 5.58. The highest BCUT2D eigenvalue weighted by atomic mass is 32.2. The van der Waals surface area contributed by atoms with E-state index in [0.29, 0.717) is 19.6 Å². The van der Waals surface area contributed by atoms with E-state index in [9.17, 15) is 19.2 Å². The van der Waals surface area contributed by atoms with E-state index in [1.54, 1.807) is 11.5 Å². The van der Waals surface area contributed by atoms with E-state index in [1.165, 1.54) is 29.2 Å². The Morgan fingerprint density at radius 2 is 1.90 bits per heavy atom. The molecule has 0 spiro atoms. The predicted octanol–water partition coefficient (Wildman–Crippen LogP) is 1.89. The van der Waals surface area contributed by atoms with Crippen molar-refractivity contribution in [1.82, 2.24) is 15.2 Å². The topological polar surface area (TPSA) is 158 Å². The zero-order valence-corrected chi connectivity index (χ0v) is 24.3. The van der Waals surface area contributed by atoms with Crippen LogP contribution in [0, 0.1) is 0 Å². The van der Waals surface area contributed by atoms with E-state index in [-0.39, 0.29) is 29.8 Å². The van der Waals surface area contributed by atoms with Crippen LogP contribution >= 0.6 is 23.1 Å². The number of unbranched alkanes of at least 4 members (excludes halogenated alkanes) is 2. The van der Waals surface area contributed by atoms with E-state index in [4.69, 9.17) is 19.0 Å². The second-order valence-electron chi connectivity index (χ2n) is 8.84. The lowest BCUT2D eigenvalue weighted by atomic mass is 10.0.